The molecule has 0 unspecified atom stereocenters. The van der Waals surface area contributed by atoms with Crippen molar-refractivity contribution in [2.75, 3.05) is 7.11 Å². The fraction of sp³-hybridized carbons (Fsp3) is 0.381. The number of aromatic nitrogens is 4. The van der Waals surface area contributed by atoms with Gasteiger partial charge in [0.05, 0.1) is 30.5 Å². The first-order valence-corrected chi connectivity index (χ1v) is 9.36. The van der Waals surface area contributed by atoms with E-state index in [9.17, 15) is 4.39 Å². The summed E-state index contributed by atoms with van der Waals surface area (Å²) in [6.45, 7) is 2.31. The van der Waals surface area contributed by atoms with Gasteiger partial charge in [0.1, 0.15) is 5.82 Å². The van der Waals surface area contributed by atoms with Gasteiger partial charge in [-0.3, -0.25) is 0 Å². The highest BCUT2D eigenvalue weighted by atomic mass is 19.1. The molecule has 0 amide bonds. The lowest BCUT2D eigenvalue weighted by atomic mass is 9.87. The summed E-state index contributed by atoms with van der Waals surface area (Å²) in [6, 6.07) is 9.01. The molecule has 1 saturated carbocycles. The smallest absolute Gasteiger partial charge is 0.316 e. The molecule has 5 nitrogen and oxygen atoms in total. The van der Waals surface area contributed by atoms with Crippen molar-refractivity contribution < 1.29 is 9.13 Å². The van der Waals surface area contributed by atoms with E-state index >= 15 is 0 Å². The summed E-state index contributed by atoms with van der Waals surface area (Å²) in [4.78, 5) is 13.3. The highest BCUT2D eigenvalue weighted by molar-refractivity contribution is 5.77. The van der Waals surface area contributed by atoms with Gasteiger partial charge in [0.2, 0.25) is 0 Å². The summed E-state index contributed by atoms with van der Waals surface area (Å²) >= 11 is 0. The number of hydrogen-bond donors (Lipinski definition) is 0. The minimum absolute atomic E-state index is 0.260. The van der Waals surface area contributed by atoms with E-state index in [1.807, 2.05) is 12.4 Å². The van der Waals surface area contributed by atoms with Crippen LogP contribution in [0.15, 0.2) is 42.9 Å². The van der Waals surface area contributed by atoms with Crippen LogP contribution in [0, 0.1) is 11.7 Å². The Morgan fingerprint density at radius 2 is 1.78 bits per heavy atom. The number of ether oxygens (including phenoxy) is 1. The maximum atomic E-state index is 13.4. The van der Waals surface area contributed by atoms with E-state index in [0.29, 0.717) is 12.1 Å². The molecule has 1 aliphatic carbocycles. The van der Waals surface area contributed by atoms with Gasteiger partial charge in [-0.25, -0.2) is 14.4 Å². The molecule has 2 aromatic heterocycles. The van der Waals surface area contributed by atoms with Crippen molar-refractivity contribution in [2.24, 2.45) is 5.92 Å². The Kier molecular flexibility index (Phi) is 4.88. The molecule has 0 spiro atoms. The summed E-state index contributed by atoms with van der Waals surface area (Å²) in [5, 5.41) is 0. The molecule has 4 rings (SSSR count). The Balaban J connectivity index is 1.83. The average Bonchev–Trinajstić information content (AvgIpc) is 3.14. The second kappa shape index (κ2) is 7.47. The number of benzene rings is 1. The Bertz CT molecular complexity index is 914. The highest BCUT2D eigenvalue weighted by Crippen LogP contribution is 2.38. The maximum absolute atomic E-state index is 13.4. The summed E-state index contributed by atoms with van der Waals surface area (Å²) in [6.07, 6.45) is 8.24. The molecular formula is C21H23FN4O. The largest absolute Gasteiger partial charge is 0.467 e. The Labute approximate surface area is 158 Å². The third-order valence-electron chi connectivity index (χ3n) is 5.35. The lowest BCUT2D eigenvalue weighted by Gasteiger charge is -2.28. The van der Waals surface area contributed by atoms with Crippen LogP contribution in [-0.4, -0.2) is 26.6 Å². The first-order valence-electron chi connectivity index (χ1n) is 9.36. The lowest BCUT2D eigenvalue weighted by Crippen LogP contribution is -2.17. The van der Waals surface area contributed by atoms with Crippen molar-refractivity contribution in [2.45, 2.75) is 38.6 Å². The van der Waals surface area contributed by atoms with E-state index in [4.69, 9.17) is 4.74 Å². The van der Waals surface area contributed by atoms with Crippen LogP contribution < -0.4 is 4.74 Å². The fourth-order valence-corrected chi connectivity index (χ4v) is 3.80. The lowest BCUT2D eigenvalue weighted by molar-refractivity contribution is 0.291. The number of imidazole rings is 1. The van der Waals surface area contributed by atoms with Gasteiger partial charge in [0.25, 0.3) is 0 Å². The molecule has 3 aromatic rings. The molecule has 1 aliphatic rings. The van der Waals surface area contributed by atoms with E-state index in [1.165, 1.54) is 25.0 Å². The average molecular weight is 366 g/mol. The molecule has 1 aromatic carbocycles. The van der Waals surface area contributed by atoms with Gasteiger partial charge >= 0.3 is 6.01 Å². The molecule has 0 bridgehead atoms. The predicted molar refractivity (Wildman–Crippen MR) is 102 cm³/mol. The van der Waals surface area contributed by atoms with E-state index in [0.717, 1.165) is 41.4 Å². The number of hydrogen-bond acceptors (Lipinski definition) is 4. The van der Waals surface area contributed by atoms with Crippen LogP contribution in [0.25, 0.3) is 22.6 Å². The zero-order valence-corrected chi connectivity index (χ0v) is 15.6. The van der Waals surface area contributed by atoms with E-state index < -0.39 is 0 Å². The minimum atomic E-state index is -0.260. The molecule has 0 atom stereocenters. The topological polar surface area (TPSA) is 52.8 Å². The van der Waals surface area contributed by atoms with Crippen molar-refractivity contribution in [1.29, 1.82) is 0 Å². The van der Waals surface area contributed by atoms with Gasteiger partial charge in [0.15, 0.2) is 0 Å². The number of methoxy groups -OCH3 is 1. The van der Waals surface area contributed by atoms with Crippen LogP contribution >= 0.6 is 0 Å². The number of nitrogens with zero attached hydrogens (tertiary/aromatic N) is 4. The molecule has 0 N–H and O–H groups in total. The monoisotopic (exact) mass is 366 g/mol. The zero-order valence-electron chi connectivity index (χ0n) is 15.6. The molecule has 0 radical (unpaired) electrons. The van der Waals surface area contributed by atoms with Crippen LogP contribution in [0.5, 0.6) is 6.01 Å². The molecule has 27 heavy (non-hydrogen) atoms. The Hall–Kier alpha value is -2.76. The van der Waals surface area contributed by atoms with Gasteiger partial charge in [0, 0.05) is 17.8 Å². The Morgan fingerprint density at radius 3 is 2.48 bits per heavy atom. The maximum Gasteiger partial charge on any atom is 0.316 e. The summed E-state index contributed by atoms with van der Waals surface area (Å²) in [7, 11) is 1.56. The number of rotatable bonds is 4. The molecular weight excluding hydrogens is 343 g/mol. The highest BCUT2D eigenvalue weighted by Gasteiger charge is 2.25. The van der Waals surface area contributed by atoms with Crippen LogP contribution in [0.2, 0.25) is 0 Å². The second-order valence-corrected chi connectivity index (χ2v) is 7.20. The first-order chi connectivity index (χ1) is 13.2. The third kappa shape index (κ3) is 3.56. The molecule has 1 fully saturated rings. The van der Waals surface area contributed by atoms with Crippen LogP contribution in [-0.2, 0) is 0 Å². The quantitative estimate of drug-likeness (QED) is 0.659. The summed E-state index contributed by atoms with van der Waals surface area (Å²) in [5.74, 6) is 0.508. The fourth-order valence-electron chi connectivity index (χ4n) is 3.80. The minimum Gasteiger partial charge on any atom is -0.467 e. The molecule has 140 valence electrons. The first kappa shape index (κ1) is 17.6. The van der Waals surface area contributed by atoms with Crippen LogP contribution in [0.3, 0.4) is 0 Å². The van der Waals surface area contributed by atoms with Gasteiger partial charge < -0.3 is 9.30 Å². The van der Waals surface area contributed by atoms with Crippen LogP contribution in [0.1, 0.15) is 38.6 Å². The van der Waals surface area contributed by atoms with Crippen molar-refractivity contribution in [3.05, 3.63) is 48.7 Å². The predicted octanol–water partition coefficient (Wildman–Crippen LogP) is 4.91. The van der Waals surface area contributed by atoms with Crippen molar-refractivity contribution in [3.8, 4) is 28.7 Å². The standard InChI is InChI=1S/C21H23FN4O/c1-14-3-9-17(10-4-14)26-13-24-19(15-5-7-16(22)8-6-15)20(26)18-11-12-23-21(25-18)27-2/h5-8,11-14,17H,3-4,9-10H2,1-2H3. The summed E-state index contributed by atoms with van der Waals surface area (Å²) < 4.78 is 20.8. The van der Waals surface area contributed by atoms with Crippen molar-refractivity contribution in [3.63, 3.8) is 0 Å². The molecule has 0 saturated heterocycles. The SMILES string of the molecule is COc1nccc(-c2c(-c3ccc(F)cc3)ncn2C2CCC(C)CC2)n1. The van der Waals surface area contributed by atoms with Crippen LogP contribution in [0.4, 0.5) is 4.39 Å². The summed E-state index contributed by atoms with van der Waals surface area (Å²) in [5.41, 5.74) is 3.36. The third-order valence-corrected chi connectivity index (χ3v) is 5.35. The molecule has 0 aliphatic heterocycles. The Morgan fingerprint density at radius 1 is 1.04 bits per heavy atom. The molecule has 6 heteroatoms. The second-order valence-electron chi connectivity index (χ2n) is 7.20. The normalized spacial score (nSPS) is 19.8. The molecule has 2 heterocycles. The van der Waals surface area contributed by atoms with Crippen molar-refractivity contribution in [1.82, 2.24) is 19.5 Å². The van der Waals surface area contributed by atoms with Gasteiger partial charge in [-0.05, 0) is 61.9 Å². The number of halogens is 1. The zero-order chi connectivity index (χ0) is 18.8. The van der Waals surface area contributed by atoms with E-state index in [2.05, 4.69) is 26.4 Å². The van der Waals surface area contributed by atoms with Crippen molar-refractivity contribution >= 4 is 0 Å². The van der Waals surface area contributed by atoms with Gasteiger partial charge in [-0.15, -0.1) is 0 Å². The van der Waals surface area contributed by atoms with Gasteiger partial charge in [-0.2, -0.15) is 4.98 Å². The van der Waals surface area contributed by atoms with E-state index in [-0.39, 0.29) is 5.82 Å². The van der Waals surface area contributed by atoms with Gasteiger partial charge in [-0.1, -0.05) is 6.92 Å². The van der Waals surface area contributed by atoms with E-state index in [1.54, 1.807) is 25.4 Å².